The lowest BCUT2D eigenvalue weighted by Crippen LogP contribution is -2.37. The lowest BCUT2D eigenvalue weighted by atomic mass is 9.77. The molecule has 2 rings (SSSR count). The maximum atomic E-state index is 9.06. The molecule has 20 heavy (non-hydrogen) atoms. The Morgan fingerprint density at radius 2 is 1.90 bits per heavy atom. The van der Waals surface area contributed by atoms with E-state index in [1.54, 1.807) is 12.4 Å². The van der Waals surface area contributed by atoms with Gasteiger partial charge in [0.05, 0.1) is 17.4 Å². The summed E-state index contributed by atoms with van der Waals surface area (Å²) in [5.74, 6) is 2.77. The molecule has 1 fully saturated rings. The Morgan fingerprint density at radius 1 is 1.30 bits per heavy atom. The molecule has 1 aromatic rings. The van der Waals surface area contributed by atoms with E-state index in [1.165, 1.54) is 12.8 Å². The normalized spacial score (nSPS) is 19.9. The van der Waals surface area contributed by atoms with Crippen molar-refractivity contribution in [3.63, 3.8) is 0 Å². The van der Waals surface area contributed by atoms with Crippen molar-refractivity contribution in [3.8, 4) is 0 Å². The topological polar surface area (TPSA) is 49.2 Å². The van der Waals surface area contributed by atoms with Gasteiger partial charge in [-0.2, -0.15) is 0 Å². The second-order valence-corrected chi connectivity index (χ2v) is 6.31. The quantitative estimate of drug-likeness (QED) is 0.908. The number of halogens is 1. The molecular formula is C15H24ClN3O. The molecule has 0 radical (unpaired) electrons. The zero-order chi connectivity index (χ0) is 14.5. The van der Waals surface area contributed by atoms with Crippen LogP contribution in [0.1, 0.15) is 33.1 Å². The second-order valence-electron chi connectivity index (χ2n) is 5.87. The maximum Gasteiger partial charge on any atom is 0.225 e. The molecule has 0 saturated carbocycles. The lowest BCUT2D eigenvalue weighted by molar-refractivity contribution is 0.179. The zero-order valence-electron chi connectivity index (χ0n) is 12.3. The van der Waals surface area contributed by atoms with Crippen LogP contribution < -0.4 is 4.90 Å². The second kappa shape index (κ2) is 7.23. The summed E-state index contributed by atoms with van der Waals surface area (Å²) in [6.07, 6.45) is 6.55. The van der Waals surface area contributed by atoms with Crippen LogP contribution in [0.3, 0.4) is 0 Å². The molecule has 0 aliphatic carbocycles. The van der Waals surface area contributed by atoms with Gasteiger partial charge in [-0.25, -0.2) is 9.97 Å². The fourth-order valence-corrected chi connectivity index (χ4v) is 3.12. The number of aliphatic hydroxyl groups excluding tert-OH is 1. The molecule has 0 spiro atoms. The van der Waals surface area contributed by atoms with Gasteiger partial charge in [0, 0.05) is 19.7 Å². The fourth-order valence-electron chi connectivity index (χ4n) is 3.03. The Kier molecular flexibility index (Phi) is 5.61. The van der Waals surface area contributed by atoms with E-state index >= 15 is 0 Å². The molecule has 1 aliphatic heterocycles. The van der Waals surface area contributed by atoms with Gasteiger partial charge >= 0.3 is 0 Å². The van der Waals surface area contributed by atoms with Gasteiger partial charge in [-0.15, -0.1) is 0 Å². The van der Waals surface area contributed by atoms with Crippen LogP contribution in [0.25, 0.3) is 0 Å². The van der Waals surface area contributed by atoms with Crippen LogP contribution in [0.15, 0.2) is 12.4 Å². The molecule has 1 aromatic heterocycles. The van der Waals surface area contributed by atoms with Crippen LogP contribution in [0.2, 0.25) is 5.02 Å². The Morgan fingerprint density at radius 3 is 2.45 bits per heavy atom. The number of aromatic nitrogens is 2. The van der Waals surface area contributed by atoms with Crippen molar-refractivity contribution in [2.75, 3.05) is 24.6 Å². The third kappa shape index (κ3) is 3.83. The molecule has 2 unspecified atom stereocenters. The molecule has 0 aromatic carbocycles. The Balaban J connectivity index is 1.87. The molecule has 4 nitrogen and oxygen atoms in total. The first-order chi connectivity index (χ1) is 9.61. The highest BCUT2D eigenvalue weighted by Crippen LogP contribution is 2.32. The summed E-state index contributed by atoms with van der Waals surface area (Å²) in [6.45, 7) is 6.86. The number of hydrogen-bond donors (Lipinski definition) is 1. The predicted octanol–water partition coefficient (Wildman–Crippen LogP) is 3.00. The molecule has 1 saturated heterocycles. The first kappa shape index (κ1) is 15.5. The summed E-state index contributed by atoms with van der Waals surface area (Å²) in [4.78, 5) is 10.8. The fraction of sp³-hybridized carbons (Fsp3) is 0.733. The predicted molar refractivity (Wildman–Crippen MR) is 82.0 cm³/mol. The van der Waals surface area contributed by atoms with E-state index < -0.39 is 0 Å². The van der Waals surface area contributed by atoms with Gasteiger partial charge in [-0.3, -0.25) is 0 Å². The van der Waals surface area contributed by atoms with Crippen molar-refractivity contribution in [1.29, 1.82) is 0 Å². The van der Waals surface area contributed by atoms with Crippen molar-refractivity contribution in [3.05, 3.63) is 17.4 Å². The van der Waals surface area contributed by atoms with Crippen LogP contribution in [-0.4, -0.2) is 34.8 Å². The number of nitrogens with zero attached hydrogens (tertiary/aromatic N) is 3. The molecular weight excluding hydrogens is 274 g/mol. The average molecular weight is 298 g/mol. The van der Waals surface area contributed by atoms with Crippen LogP contribution >= 0.6 is 11.6 Å². The number of anilines is 1. The molecule has 2 heterocycles. The van der Waals surface area contributed by atoms with Crippen molar-refractivity contribution in [1.82, 2.24) is 9.97 Å². The summed E-state index contributed by atoms with van der Waals surface area (Å²) >= 11 is 5.82. The van der Waals surface area contributed by atoms with Crippen LogP contribution in [-0.2, 0) is 0 Å². The number of hydrogen-bond acceptors (Lipinski definition) is 4. The van der Waals surface area contributed by atoms with Gasteiger partial charge in [0.25, 0.3) is 0 Å². The summed E-state index contributed by atoms with van der Waals surface area (Å²) in [5.41, 5.74) is 0. The third-order valence-electron chi connectivity index (χ3n) is 4.65. The highest BCUT2D eigenvalue weighted by molar-refractivity contribution is 6.30. The van der Waals surface area contributed by atoms with Gasteiger partial charge in [0.1, 0.15) is 0 Å². The van der Waals surface area contributed by atoms with E-state index in [0.717, 1.165) is 31.4 Å². The van der Waals surface area contributed by atoms with Crippen molar-refractivity contribution in [2.45, 2.75) is 33.1 Å². The first-order valence-corrected chi connectivity index (χ1v) is 7.83. The van der Waals surface area contributed by atoms with Crippen LogP contribution in [0.5, 0.6) is 0 Å². The van der Waals surface area contributed by atoms with E-state index in [1.807, 2.05) is 0 Å². The van der Waals surface area contributed by atoms with E-state index in [9.17, 15) is 0 Å². The summed E-state index contributed by atoms with van der Waals surface area (Å²) in [5, 5.41) is 9.64. The van der Waals surface area contributed by atoms with Crippen molar-refractivity contribution >= 4 is 17.5 Å². The van der Waals surface area contributed by atoms with Crippen molar-refractivity contribution in [2.24, 2.45) is 17.8 Å². The number of piperidine rings is 1. The smallest absolute Gasteiger partial charge is 0.225 e. The largest absolute Gasteiger partial charge is 0.396 e. The molecule has 0 bridgehead atoms. The monoisotopic (exact) mass is 297 g/mol. The Bertz CT molecular complexity index is 404. The van der Waals surface area contributed by atoms with Crippen LogP contribution in [0.4, 0.5) is 5.95 Å². The van der Waals surface area contributed by atoms with E-state index in [0.29, 0.717) is 23.5 Å². The summed E-state index contributed by atoms with van der Waals surface area (Å²) in [6, 6.07) is 0. The molecule has 0 amide bonds. The Labute approximate surface area is 126 Å². The Hall–Kier alpha value is -0.870. The maximum absolute atomic E-state index is 9.06. The zero-order valence-corrected chi connectivity index (χ0v) is 13.1. The van der Waals surface area contributed by atoms with E-state index in [2.05, 4.69) is 28.7 Å². The van der Waals surface area contributed by atoms with Gasteiger partial charge < -0.3 is 10.0 Å². The lowest BCUT2D eigenvalue weighted by Gasteiger charge is -2.37. The van der Waals surface area contributed by atoms with Gasteiger partial charge in [0.15, 0.2) is 0 Å². The molecule has 5 heteroatoms. The molecule has 2 atom stereocenters. The van der Waals surface area contributed by atoms with E-state index in [4.69, 9.17) is 16.7 Å². The highest BCUT2D eigenvalue weighted by Gasteiger charge is 2.27. The van der Waals surface area contributed by atoms with Crippen LogP contribution in [0, 0.1) is 17.8 Å². The third-order valence-corrected chi connectivity index (χ3v) is 4.85. The number of rotatable bonds is 5. The van der Waals surface area contributed by atoms with Crippen molar-refractivity contribution < 1.29 is 5.11 Å². The summed E-state index contributed by atoms with van der Waals surface area (Å²) in [7, 11) is 0. The molecule has 112 valence electrons. The molecule has 1 aliphatic rings. The minimum Gasteiger partial charge on any atom is -0.396 e. The first-order valence-electron chi connectivity index (χ1n) is 7.45. The standard InChI is InChI=1S/C15H24ClN3O/c1-11(5-8-20)12(2)13-3-6-19(7-4-13)15-17-9-14(16)10-18-15/h9-13,20H,3-8H2,1-2H3. The highest BCUT2D eigenvalue weighted by atomic mass is 35.5. The SMILES string of the molecule is CC(CCO)C(C)C1CCN(c2ncc(Cl)cn2)CC1. The summed E-state index contributed by atoms with van der Waals surface area (Å²) < 4.78 is 0. The average Bonchev–Trinajstić information content (AvgIpc) is 2.48. The van der Waals surface area contributed by atoms with Gasteiger partial charge in [0.2, 0.25) is 5.95 Å². The number of aliphatic hydroxyl groups is 1. The molecule has 1 N–H and O–H groups in total. The van der Waals surface area contributed by atoms with Gasteiger partial charge in [-0.05, 0) is 37.0 Å². The van der Waals surface area contributed by atoms with Gasteiger partial charge in [-0.1, -0.05) is 25.4 Å². The minimum atomic E-state index is 0.295. The minimum absolute atomic E-state index is 0.295. The van der Waals surface area contributed by atoms with E-state index in [-0.39, 0.29) is 0 Å².